The monoisotopic (exact) mass is 303 g/mol. The van der Waals surface area contributed by atoms with Gasteiger partial charge in [-0.1, -0.05) is 11.6 Å². The van der Waals surface area contributed by atoms with Crippen LogP contribution < -0.4 is 16.4 Å². The van der Waals surface area contributed by atoms with Gasteiger partial charge in [-0.15, -0.1) is 0 Å². The Balaban J connectivity index is 2.75. The van der Waals surface area contributed by atoms with Gasteiger partial charge < -0.3 is 16.4 Å². The summed E-state index contributed by atoms with van der Waals surface area (Å²) in [4.78, 5) is 34.4. The number of hydrogen-bond acceptors (Lipinski definition) is 3. The first-order valence-corrected chi connectivity index (χ1v) is 6.90. The van der Waals surface area contributed by atoms with Crippen molar-refractivity contribution in [1.29, 1.82) is 0 Å². The van der Waals surface area contributed by atoms with Crippen LogP contribution in [0.25, 0.3) is 0 Å². The molecular formula is C16H21N3O3. The summed E-state index contributed by atoms with van der Waals surface area (Å²) >= 11 is 0. The highest BCUT2D eigenvalue weighted by molar-refractivity contribution is 5.98. The number of carbonyl (C=O) groups excluding carboxylic acids is 3. The highest BCUT2D eigenvalue weighted by Gasteiger charge is 2.17. The van der Waals surface area contributed by atoms with Gasteiger partial charge in [0.2, 0.25) is 11.8 Å². The van der Waals surface area contributed by atoms with Gasteiger partial charge in [0.05, 0.1) is 0 Å². The van der Waals surface area contributed by atoms with Gasteiger partial charge in [-0.25, -0.2) is 0 Å². The molecule has 0 radical (unpaired) electrons. The van der Waals surface area contributed by atoms with Crippen molar-refractivity contribution in [3.05, 3.63) is 41.5 Å². The molecule has 0 aromatic heterocycles. The fourth-order valence-electron chi connectivity index (χ4n) is 1.75. The first-order chi connectivity index (χ1) is 10.3. The molecule has 0 saturated heterocycles. The third kappa shape index (κ3) is 5.78. The summed E-state index contributed by atoms with van der Waals surface area (Å²) in [6, 6.07) is 5.62. The number of allylic oxidation sites excluding steroid dienone is 1. The summed E-state index contributed by atoms with van der Waals surface area (Å²) in [6.07, 6.45) is 2.20. The minimum absolute atomic E-state index is 0.187. The Kier molecular flexibility index (Phi) is 6.31. The summed E-state index contributed by atoms with van der Waals surface area (Å²) in [5.74, 6) is -1.16. The number of amides is 3. The van der Waals surface area contributed by atoms with Gasteiger partial charge in [0.1, 0.15) is 6.04 Å². The molecule has 0 heterocycles. The number of primary amides is 1. The van der Waals surface area contributed by atoms with Gasteiger partial charge in [-0.05, 0) is 44.5 Å². The van der Waals surface area contributed by atoms with Crippen LogP contribution in [-0.4, -0.2) is 23.8 Å². The predicted octanol–water partition coefficient (Wildman–Crippen LogP) is 1.58. The molecule has 6 nitrogen and oxygen atoms in total. The minimum Gasteiger partial charge on any atom is -0.368 e. The Morgan fingerprint density at radius 3 is 2.18 bits per heavy atom. The lowest BCUT2D eigenvalue weighted by atomic mass is 10.1. The molecule has 0 aliphatic rings. The predicted molar refractivity (Wildman–Crippen MR) is 85.2 cm³/mol. The molecule has 22 heavy (non-hydrogen) atoms. The number of hydrogen-bond donors (Lipinski definition) is 3. The van der Waals surface area contributed by atoms with Crippen molar-refractivity contribution in [3.63, 3.8) is 0 Å². The number of rotatable bonds is 6. The van der Waals surface area contributed by atoms with Crippen molar-refractivity contribution in [2.24, 2.45) is 5.73 Å². The topological polar surface area (TPSA) is 101 Å². The molecule has 0 spiro atoms. The Labute approximate surface area is 129 Å². The van der Waals surface area contributed by atoms with Crippen molar-refractivity contribution in [2.75, 3.05) is 5.32 Å². The Morgan fingerprint density at radius 2 is 1.73 bits per heavy atom. The second-order valence-corrected chi connectivity index (χ2v) is 5.20. The van der Waals surface area contributed by atoms with Crippen molar-refractivity contribution >= 4 is 23.4 Å². The minimum atomic E-state index is -0.752. The maximum absolute atomic E-state index is 12.1. The van der Waals surface area contributed by atoms with Gasteiger partial charge in [0, 0.05) is 18.2 Å². The molecule has 4 N–H and O–H groups in total. The summed E-state index contributed by atoms with van der Waals surface area (Å²) in [5, 5.41) is 5.21. The maximum atomic E-state index is 12.1. The zero-order valence-corrected chi connectivity index (χ0v) is 13.0. The van der Waals surface area contributed by atoms with Crippen LogP contribution >= 0.6 is 0 Å². The standard InChI is InChI=1S/C16H21N3O3/c1-10(2)4-9-14(15(17)21)19-16(22)12-5-7-13(8-6-12)18-11(3)20/h4-8,14H,9H2,1-3H3,(H2,17,21)(H,18,20)(H,19,22)/t14-/m1/s1. The van der Waals surface area contributed by atoms with E-state index >= 15 is 0 Å². The Bertz CT molecular complexity index is 587. The molecular weight excluding hydrogens is 282 g/mol. The molecule has 3 amide bonds. The van der Waals surface area contributed by atoms with Crippen LogP contribution in [0.5, 0.6) is 0 Å². The van der Waals surface area contributed by atoms with Crippen LogP contribution in [0.2, 0.25) is 0 Å². The second-order valence-electron chi connectivity index (χ2n) is 5.20. The SMILES string of the molecule is CC(=O)Nc1ccc(C(=O)N[C@H](CC=C(C)C)C(N)=O)cc1. The van der Waals surface area contributed by atoms with Gasteiger partial charge in [0.25, 0.3) is 5.91 Å². The smallest absolute Gasteiger partial charge is 0.251 e. The number of benzene rings is 1. The molecule has 0 unspecified atom stereocenters. The third-order valence-corrected chi connectivity index (χ3v) is 2.88. The van der Waals surface area contributed by atoms with Crippen LogP contribution in [0.1, 0.15) is 37.6 Å². The maximum Gasteiger partial charge on any atom is 0.251 e. The zero-order valence-electron chi connectivity index (χ0n) is 13.0. The lowest BCUT2D eigenvalue weighted by Crippen LogP contribution is -2.44. The van der Waals surface area contributed by atoms with Crippen molar-refractivity contribution < 1.29 is 14.4 Å². The average Bonchev–Trinajstić information content (AvgIpc) is 2.42. The van der Waals surface area contributed by atoms with E-state index in [9.17, 15) is 14.4 Å². The Morgan fingerprint density at radius 1 is 1.14 bits per heavy atom. The van der Waals surface area contributed by atoms with Crippen LogP contribution in [0.15, 0.2) is 35.9 Å². The summed E-state index contributed by atoms with van der Waals surface area (Å²) in [5.41, 5.74) is 7.32. The molecule has 1 aromatic carbocycles. The van der Waals surface area contributed by atoms with E-state index in [0.29, 0.717) is 17.7 Å². The molecule has 0 bridgehead atoms. The van der Waals surface area contributed by atoms with E-state index in [2.05, 4.69) is 10.6 Å². The molecule has 6 heteroatoms. The van der Waals surface area contributed by atoms with Crippen molar-refractivity contribution in [2.45, 2.75) is 33.2 Å². The zero-order chi connectivity index (χ0) is 16.7. The van der Waals surface area contributed by atoms with Gasteiger partial charge in [0.15, 0.2) is 0 Å². The van der Waals surface area contributed by atoms with E-state index in [1.807, 2.05) is 19.9 Å². The van der Waals surface area contributed by atoms with Gasteiger partial charge in [-0.3, -0.25) is 14.4 Å². The summed E-state index contributed by atoms with van der Waals surface area (Å²) in [7, 11) is 0. The van der Waals surface area contributed by atoms with E-state index in [4.69, 9.17) is 5.73 Å². The number of nitrogens with two attached hydrogens (primary N) is 1. The molecule has 0 aliphatic carbocycles. The van der Waals surface area contributed by atoms with E-state index in [-0.39, 0.29) is 11.8 Å². The van der Waals surface area contributed by atoms with Crippen LogP contribution in [0, 0.1) is 0 Å². The quantitative estimate of drug-likeness (QED) is 0.695. The first kappa shape index (κ1) is 17.4. The highest BCUT2D eigenvalue weighted by Crippen LogP contribution is 2.10. The van der Waals surface area contributed by atoms with E-state index in [1.165, 1.54) is 6.92 Å². The van der Waals surface area contributed by atoms with E-state index in [0.717, 1.165) is 5.57 Å². The molecule has 1 aromatic rings. The summed E-state index contributed by atoms with van der Waals surface area (Å²) in [6.45, 7) is 5.21. The largest absolute Gasteiger partial charge is 0.368 e. The summed E-state index contributed by atoms with van der Waals surface area (Å²) < 4.78 is 0. The fraction of sp³-hybridized carbons (Fsp3) is 0.312. The molecule has 118 valence electrons. The molecule has 0 saturated carbocycles. The van der Waals surface area contributed by atoms with Crippen LogP contribution in [0.3, 0.4) is 0 Å². The second kappa shape index (κ2) is 7.97. The number of nitrogens with one attached hydrogen (secondary N) is 2. The van der Waals surface area contributed by atoms with Crippen molar-refractivity contribution in [3.8, 4) is 0 Å². The van der Waals surface area contributed by atoms with E-state index < -0.39 is 11.9 Å². The van der Waals surface area contributed by atoms with Crippen LogP contribution in [0.4, 0.5) is 5.69 Å². The number of anilines is 1. The average molecular weight is 303 g/mol. The molecule has 1 rings (SSSR count). The van der Waals surface area contributed by atoms with Crippen molar-refractivity contribution in [1.82, 2.24) is 5.32 Å². The third-order valence-electron chi connectivity index (χ3n) is 2.88. The van der Waals surface area contributed by atoms with E-state index in [1.54, 1.807) is 24.3 Å². The van der Waals surface area contributed by atoms with Crippen LogP contribution in [-0.2, 0) is 9.59 Å². The lowest BCUT2D eigenvalue weighted by Gasteiger charge is -2.14. The van der Waals surface area contributed by atoms with Gasteiger partial charge >= 0.3 is 0 Å². The Hall–Kier alpha value is -2.63. The lowest BCUT2D eigenvalue weighted by molar-refractivity contribution is -0.119. The number of carbonyl (C=O) groups is 3. The molecule has 1 atom stereocenters. The normalized spacial score (nSPS) is 11.2. The fourth-order valence-corrected chi connectivity index (χ4v) is 1.75. The van der Waals surface area contributed by atoms with Gasteiger partial charge in [-0.2, -0.15) is 0 Å². The highest BCUT2D eigenvalue weighted by atomic mass is 16.2. The molecule has 0 fully saturated rings. The first-order valence-electron chi connectivity index (χ1n) is 6.90. The molecule has 0 aliphatic heterocycles.